The number of pyridine rings is 2. The summed E-state index contributed by atoms with van der Waals surface area (Å²) in [7, 11) is 0. The summed E-state index contributed by atoms with van der Waals surface area (Å²) in [5.41, 5.74) is 7.38. The SMILES string of the molecule is Fc1cccc(-c2cncc3[nH]c(-c4n[nH]c5ccc(-c6ccncc6)cc45)cc23)c1. The van der Waals surface area contributed by atoms with Gasteiger partial charge in [-0.3, -0.25) is 15.1 Å². The molecule has 0 aliphatic heterocycles. The molecular formula is C25H16FN5. The lowest BCUT2D eigenvalue weighted by atomic mass is 10.0. The molecule has 4 heterocycles. The van der Waals surface area contributed by atoms with Gasteiger partial charge in [0.1, 0.15) is 11.5 Å². The number of nitrogens with one attached hydrogen (secondary N) is 2. The molecule has 0 saturated carbocycles. The van der Waals surface area contributed by atoms with E-state index in [0.717, 1.165) is 55.4 Å². The van der Waals surface area contributed by atoms with Crippen LogP contribution in [0.1, 0.15) is 0 Å². The van der Waals surface area contributed by atoms with Crippen LogP contribution in [-0.4, -0.2) is 25.1 Å². The Morgan fingerprint density at radius 3 is 2.48 bits per heavy atom. The maximum Gasteiger partial charge on any atom is 0.123 e. The maximum absolute atomic E-state index is 13.8. The van der Waals surface area contributed by atoms with Gasteiger partial charge >= 0.3 is 0 Å². The van der Waals surface area contributed by atoms with E-state index in [0.29, 0.717) is 0 Å². The molecule has 148 valence electrons. The van der Waals surface area contributed by atoms with E-state index >= 15 is 0 Å². The number of halogens is 1. The third-order valence-electron chi connectivity index (χ3n) is 5.51. The molecule has 0 bridgehead atoms. The van der Waals surface area contributed by atoms with Gasteiger partial charge in [0.25, 0.3) is 0 Å². The highest BCUT2D eigenvalue weighted by molar-refractivity contribution is 6.01. The minimum Gasteiger partial charge on any atom is -0.352 e. The third kappa shape index (κ3) is 2.97. The molecular weight excluding hydrogens is 389 g/mol. The van der Waals surface area contributed by atoms with Crippen LogP contribution in [-0.2, 0) is 0 Å². The summed E-state index contributed by atoms with van der Waals surface area (Å²) < 4.78 is 13.8. The van der Waals surface area contributed by atoms with E-state index in [1.807, 2.05) is 30.3 Å². The Bertz CT molecular complexity index is 1550. The molecule has 2 aromatic carbocycles. The van der Waals surface area contributed by atoms with Gasteiger partial charge in [0, 0.05) is 34.9 Å². The van der Waals surface area contributed by atoms with Crippen molar-refractivity contribution in [2.24, 2.45) is 0 Å². The summed E-state index contributed by atoms with van der Waals surface area (Å²) >= 11 is 0. The van der Waals surface area contributed by atoms with Crippen LogP contribution in [0.5, 0.6) is 0 Å². The summed E-state index contributed by atoms with van der Waals surface area (Å²) in [4.78, 5) is 11.9. The topological polar surface area (TPSA) is 70.2 Å². The lowest BCUT2D eigenvalue weighted by Gasteiger charge is -2.02. The number of benzene rings is 2. The van der Waals surface area contributed by atoms with Crippen molar-refractivity contribution in [2.45, 2.75) is 0 Å². The number of hydrogen-bond acceptors (Lipinski definition) is 3. The lowest BCUT2D eigenvalue weighted by molar-refractivity contribution is 0.628. The highest BCUT2D eigenvalue weighted by Gasteiger charge is 2.14. The second-order valence-electron chi connectivity index (χ2n) is 7.41. The first-order chi connectivity index (χ1) is 15.3. The van der Waals surface area contributed by atoms with Crippen molar-refractivity contribution in [1.82, 2.24) is 25.1 Å². The second kappa shape index (κ2) is 6.88. The van der Waals surface area contributed by atoms with Crippen molar-refractivity contribution >= 4 is 21.8 Å². The molecule has 0 spiro atoms. The van der Waals surface area contributed by atoms with Crippen LogP contribution < -0.4 is 0 Å². The van der Waals surface area contributed by atoms with E-state index in [1.165, 1.54) is 12.1 Å². The fourth-order valence-corrected chi connectivity index (χ4v) is 4.01. The Labute approximate surface area is 176 Å². The fraction of sp³-hybridized carbons (Fsp3) is 0. The van der Waals surface area contributed by atoms with Gasteiger partial charge in [-0.15, -0.1) is 0 Å². The number of hydrogen-bond donors (Lipinski definition) is 2. The molecule has 0 fully saturated rings. The number of fused-ring (bicyclic) bond motifs is 2. The first-order valence-corrected chi connectivity index (χ1v) is 9.88. The van der Waals surface area contributed by atoms with Crippen LogP contribution >= 0.6 is 0 Å². The van der Waals surface area contributed by atoms with Crippen molar-refractivity contribution < 1.29 is 4.39 Å². The molecule has 31 heavy (non-hydrogen) atoms. The summed E-state index contributed by atoms with van der Waals surface area (Å²) in [6.45, 7) is 0. The molecule has 0 aliphatic rings. The van der Waals surface area contributed by atoms with E-state index in [1.54, 1.807) is 30.9 Å². The first-order valence-electron chi connectivity index (χ1n) is 9.88. The lowest BCUT2D eigenvalue weighted by Crippen LogP contribution is -1.83. The molecule has 6 rings (SSSR count). The first kappa shape index (κ1) is 17.5. The van der Waals surface area contributed by atoms with Gasteiger partial charge in [-0.25, -0.2) is 4.39 Å². The van der Waals surface area contributed by atoms with Gasteiger partial charge in [-0.05, 0) is 59.2 Å². The standard InChI is InChI=1S/C25H16FN5/c26-18-3-1-2-17(10-18)21-13-28-14-24-19(21)12-23(29-24)25-20-11-16(4-5-22(20)30-31-25)15-6-8-27-9-7-15/h1-14,29H,(H,30,31). The fourth-order valence-electron chi connectivity index (χ4n) is 4.01. The summed E-state index contributed by atoms with van der Waals surface area (Å²) in [6.07, 6.45) is 7.11. The van der Waals surface area contributed by atoms with Gasteiger partial charge in [-0.2, -0.15) is 5.10 Å². The zero-order chi connectivity index (χ0) is 20.8. The van der Waals surface area contributed by atoms with Crippen LogP contribution in [0, 0.1) is 5.82 Å². The molecule has 0 unspecified atom stereocenters. The second-order valence-corrected chi connectivity index (χ2v) is 7.41. The van der Waals surface area contributed by atoms with Gasteiger partial charge in [0.15, 0.2) is 0 Å². The van der Waals surface area contributed by atoms with E-state index in [2.05, 4.69) is 37.3 Å². The smallest absolute Gasteiger partial charge is 0.123 e. The predicted octanol–water partition coefficient (Wildman–Crippen LogP) is 5.97. The average molecular weight is 405 g/mol. The Morgan fingerprint density at radius 1 is 0.710 bits per heavy atom. The highest BCUT2D eigenvalue weighted by atomic mass is 19.1. The number of aromatic amines is 2. The summed E-state index contributed by atoms with van der Waals surface area (Å²) in [5, 5.41) is 9.66. The van der Waals surface area contributed by atoms with Crippen molar-refractivity contribution in [3.05, 3.63) is 91.3 Å². The van der Waals surface area contributed by atoms with E-state index in [9.17, 15) is 4.39 Å². The molecule has 4 aromatic heterocycles. The van der Waals surface area contributed by atoms with Crippen LogP contribution in [0.15, 0.2) is 85.5 Å². The molecule has 2 N–H and O–H groups in total. The van der Waals surface area contributed by atoms with E-state index in [-0.39, 0.29) is 5.82 Å². The number of aromatic nitrogens is 5. The van der Waals surface area contributed by atoms with Crippen molar-refractivity contribution in [1.29, 1.82) is 0 Å². The van der Waals surface area contributed by atoms with Crippen LogP contribution in [0.3, 0.4) is 0 Å². The molecule has 6 aromatic rings. The quantitative estimate of drug-likeness (QED) is 0.381. The third-order valence-corrected chi connectivity index (χ3v) is 5.51. The average Bonchev–Trinajstić information content (AvgIpc) is 3.43. The van der Waals surface area contributed by atoms with Gasteiger partial charge < -0.3 is 4.98 Å². The van der Waals surface area contributed by atoms with Crippen molar-refractivity contribution in [3.63, 3.8) is 0 Å². The predicted molar refractivity (Wildman–Crippen MR) is 120 cm³/mol. The van der Waals surface area contributed by atoms with E-state index in [4.69, 9.17) is 0 Å². The van der Waals surface area contributed by atoms with Crippen molar-refractivity contribution in [2.75, 3.05) is 0 Å². The Kier molecular flexibility index (Phi) is 3.89. The zero-order valence-electron chi connectivity index (χ0n) is 16.3. The Balaban J connectivity index is 1.52. The van der Waals surface area contributed by atoms with Gasteiger partial charge in [-0.1, -0.05) is 18.2 Å². The van der Waals surface area contributed by atoms with Gasteiger partial charge in [0.05, 0.1) is 22.9 Å². The van der Waals surface area contributed by atoms with Crippen LogP contribution in [0.2, 0.25) is 0 Å². The molecule has 6 heteroatoms. The number of rotatable bonds is 3. The number of nitrogens with zero attached hydrogens (tertiary/aromatic N) is 3. The highest BCUT2D eigenvalue weighted by Crippen LogP contribution is 2.34. The molecule has 5 nitrogen and oxygen atoms in total. The minimum atomic E-state index is -0.271. The Hall–Kier alpha value is -4.32. The summed E-state index contributed by atoms with van der Waals surface area (Å²) in [5.74, 6) is -0.271. The summed E-state index contributed by atoms with van der Waals surface area (Å²) in [6, 6.07) is 18.8. The molecule has 0 amide bonds. The van der Waals surface area contributed by atoms with Crippen LogP contribution in [0.4, 0.5) is 4.39 Å². The van der Waals surface area contributed by atoms with Gasteiger partial charge in [0.2, 0.25) is 0 Å². The molecule has 0 atom stereocenters. The van der Waals surface area contributed by atoms with E-state index < -0.39 is 0 Å². The monoisotopic (exact) mass is 405 g/mol. The molecule has 0 radical (unpaired) electrons. The Morgan fingerprint density at radius 2 is 1.61 bits per heavy atom. The largest absolute Gasteiger partial charge is 0.352 e. The molecule has 0 aliphatic carbocycles. The normalized spacial score (nSPS) is 11.4. The van der Waals surface area contributed by atoms with Crippen molar-refractivity contribution in [3.8, 4) is 33.6 Å². The zero-order valence-corrected chi connectivity index (χ0v) is 16.3. The minimum absolute atomic E-state index is 0.271. The maximum atomic E-state index is 13.8. The molecule has 0 saturated heterocycles. The number of H-pyrrole nitrogens is 2. The van der Waals surface area contributed by atoms with Crippen LogP contribution in [0.25, 0.3) is 55.4 Å².